The number of hydrogen-bond acceptors (Lipinski definition) is 9. The third kappa shape index (κ3) is 23.4. The van der Waals surface area contributed by atoms with Crippen LogP contribution in [-0.2, 0) is 14.3 Å². The number of amides is 1. The Morgan fingerprint density at radius 2 is 1.17 bits per heavy atom. The molecule has 1 aliphatic heterocycles. The molecule has 1 rings (SSSR count). The van der Waals surface area contributed by atoms with Gasteiger partial charge in [-0.25, -0.2) is 0 Å². The average molecular weight is 742 g/mol. The normalized spacial score (nSPS) is 22.7. The second-order valence-corrected chi connectivity index (χ2v) is 14.9. The lowest BCUT2D eigenvalue weighted by molar-refractivity contribution is -0.302. The molecule has 0 radical (unpaired) electrons. The van der Waals surface area contributed by atoms with E-state index in [4.69, 9.17) is 9.47 Å². The smallest absolute Gasteiger partial charge is 0.249 e. The number of carbonyl (C=O) groups excluding carboxylic acids is 1. The van der Waals surface area contributed by atoms with Crippen LogP contribution in [0.5, 0.6) is 0 Å². The van der Waals surface area contributed by atoms with Crippen LogP contribution in [0.25, 0.3) is 0 Å². The minimum atomic E-state index is -1.60. The van der Waals surface area contributed by atoms with Gasteiger partial charge in [0.05, 0.1) is 25.4 Å². The van der Waals surface area contributed by atoms with Gasteiger partial charge < -0.3 is 45.4 Å². The van der Waals surface area contributed by atoms with Gasteiger partial charge in [0.1, 0.15) is 30.5 Å². The Bertz CT molecular complexity index is 886. The molecule has 8 atom stereocenters. The molecule has 0 saturated carbocycles. The topological polar surface area (TPSA) is 169 Å². The first kappa shape index (κ1) is 48.6. The highest BCUT2D eigenvalue weighted by molar-refractivity contribution is 5.81. The highest BCUT2D eigenvalue weighted by atomic mass is 16.7. The van der Waals surface area contributed by atoms with Crippen molar-refractivity contribution in [3.8, 4) is 0 Å². The molecule has 8 unspecified atom stereocenters. The molecule has 0 bridgehead atoms. The van der Waals surface area contributed by atoms with E-state index in [2.05, 4.69) is 31.3 Å². The van der Waals surface area contributed by atoms with E-state index in [0.717, 1.165) is 38.5 Å². The van der Waals surface area contributed by atoms with E-state index in [1.54, 1.807) is 6.08 Å². The minimum Gasteiger partial charge on any atom is -0.394 e. The minimum absolute atomic E-state index is 0.118. The number of aliphatic hydroxyl groups is 6. The van der Waals surface area contributed by atoms with Gasteiger partial charge in [0.25, 0.3) is 0 Å². The van der Waals surface area contributed by atoms with Gasteiger partial charge in [0, 0.05) is 6.42 Å². The Labute approximate surface area is 316 Å². The fourth-order valence-corrected chi connectivity index (χ4v) is 6.62. The molecule has 1 saturated heterocycles. The van der Waals surface area contributed by atoms with Gasteiger partial charge in [-0.1, -0.05) is 167 Å². The van der Waals surface area contributed by atoms with Crippen LogP contribution in [-0.4, -0.2) is 98.7 Å². The van der Waals surface area contributed by atoms with Crippen molar-refractivity contribution in [3.63, 3.8) is 0 Å². The molecule has 1 aliphatic rings. The Morgan fingerprint density at radius 3 is 1.71 bits per heavy atom. The van der Waals surface area contributed by atoms with Crippen molar-refractivity contribution in [3.05, 3.63) is 24.3 Å². The molecule has 0 spiro atoms. The summed E-state index contributed by atoms with van der Waals surface area (Å²) in [5.41, 5.74) is 0. The number of hydrogen-bond donors (Lipinski definition) is 7. The largest absolute Gasteiger partial charge is 0.394 e. The number of aliphatic hydroxyl groups excluding tert-OH is 6. The van der Waals surface area contributed by atoms with Gasteiger partial charge in [0.2, 0.25) is 5.91 Å². The second kappa shape index (κ2) is 33.0. The number of unbranched alkanes of at least 4 members (excludes halogenated alkanes) is 20. The van der Waals surface area contributed by atoms with E-state index in [1.807, 2.05) is 6.08 Å². The van der Waals surface area contributed by atoms with Gasteiger partial charge in [-0.3, -0.25) is 4.79 Å². The summed E-state index contributed by atoms with van der Waals surface area (Å²) in [5.74, 6) is -0.652. The lowest BCUT2D eigenvalue weighted by Gasteiger charge is -2.40. The maximum Gasteiger partial charge on any atom is 0.249 e. The summed E-state index contributed by atoms with van der Waals surface area (Å²) in [5, 5.41) is 64.5. The Kier molecular flexibility index (Phi) is 30.9. The van der Waals surface area contributed by atoms with Crippen LogP contribution in [0.3, 0.4) is 0 Å². The summed E-state index contributed by atoms with van der Waals surface area (Å²) in [6.07, 6.45) is 26.8. The molecule has 1 amide bonds. The van der Waals surface area contributed by atoms with Gasteiger partial charge in [0.15, 0.2) is 6.29 Å². The van der Waals surface area contributed by atoms with Crippen LogP contribution in [0.4, 0.5) is 0 Å². The first-order chi connectivity index (χ1) is 25.3. The number of nitrogens with one attached hydrogen (secondary N) is 1. The molecule has 10 nitrogen and oxygen atoms in total. The predicted octanol–water partition coefficient (Wildman–Crippen LogP) is 6.91. The van der Waals surface area contributed by atoms with Crippen LogP contribution in [0.15, 0.2) is 24.3 Å². The van der Waals surface area contributed by atoms with E-state index >= 15 is 0 Å². The van der Waals surface area contributed by atoms with Crippen molar-refractivity contribution in [1.82, 2.24) is 5.32 Å². The molecule has 52 heavy (non-hydrogen) atoms. The van der Waals surface area contributed by atoms with E-state index in [9.17, 15) is 35.4 Å². The fourth-order valence-electron chi connectivity index (χ4n) is 6.62. The summed E-state index contributed by atoms with van der Waals surface area (Å²) in [4.78, 5) is 12.9. The number of allylic oxidation sites excluding steroid dienone is 3. The SMILES string of the molecule is CCCCCCCC/C=C\C/C=C\CC(O)C(=O)NC(COC1OC(CO)C(O)C(O)C1O)C(O)CCCCCCCCCCCCCCCCC. The summed E-state index contributed by atoms with van der Waals surface area (Å²) < 4.78 is 11.1. The van der Waals surface area contributed by atoms with Crippen molar-refractivity contribution < 1.29 is 44.9 Å². The van der Waals surface area contributed by atoms with Crippen molar-refractivity contribution in [2.75, 3.05) is 13.2 Å². The molecule has 0 aromatic rings. The van der Waals surface area contributed by atoms with E-state index in [1.165, 1.54) is 109 Å². The first-order valence-corrected chi connectivity index (χ1v) is 21.1. The Balaban J connectivity index is 2.49. The number of ether oxygens (including phenoxy) is 2. The predicted molar refractivity (Wildman–Crippen MR) is 209 cm³/mol. The Hall–Kier alpha value is -1.37. The number of rotatable bonds is 34. The molecule has 1 fully saturated rings. The summed E-state index contributed by atoms with van der Waals surface area (Å²) >= 11 is 0. The van der Waals surface area contributed by atoms with Crippen LogP contribution in [0, 0.1) is 0 Å². The molecule has 0 aliphatic carbocycles. The molecule has 0 aromatic heterocycles. The maximum atomic E-state index is 12.9. The highest BCUT2D eigenvalue weighted by Crippen LogP contribution is 2.23. The zero-order chi connectivity index (χ0) is 38.2. The van der Waals surface area contributed by atoms with Crippen LogP contribution < -0.4 is 5.32 Å². The Morgan fingerprint density at radius 1 is 0.673 bits per heavy atom. The molecular formula is C42H79NO9. The second-order valence-electron chi connectivity index (χ2n) is 14.9. The number of carbonyl (C=O) groups is 1. The van der Waals surface area contributed by atoms with Crippen LogP contribution >= 0.6 is 0 Å². The monoisotopic (exact) mass is 742 g/mol. The lowest BCUT2D eigenvalue weighted by atomic mass is 9.99. The van der Waals surface area contributed by atoms with E-state index in [-0.39, 0.29) is 13.0 Å². The molecule has 7 N–H and O–H groups in total. The van der Waals surface area contributed by atoms with Gasteiger partial charge in [-0.15, -0.1) is 0 Å². The molecular weight excluding hydrogens is 662 g/mol. The quantitative estimate of drug-likeness (QED) is 0.0274. The maximum absolute atomic E-state index is 12.9. The third-order valence-corrected chi connectivity index (χ3v) is 10.2. The van der Waals surface area contributed by atoms with Gasteiger partial charge in [-0.2, -0.15) is 0 Å². The van der Waals surface area contributed by atoms with E-state index < -0.39 is 61.5 Å². The van der Waals surface area contributed by atoms with Gasteiger partial charge >= 0.3 is 0 Å². The zero-order valence-corrected chi connectivity index (χ0v) is 32.9. The summed E-state index contributed by atoms with van der Waals surface area (Å²) in [6.45, 7) is 3.60. The van der Waals surface area contributed by atoms with Crippen molar-refractivity contribution in [2.24, 2.45) is 0 Å². The summed E-state index contributed by atoms with van der Waals surface area (Å²) in [6, 6.07) is -0.921. The molecule has 1 heterocycles. The third-order valence-electron chi connectivity index (χ3n) is 10.2. The van der Waals surface area contributed by atoms with E-state index in [0.29, 0.717) is 6.42 Å². The highest BCUT2D eigenvalue weighted by Gasteiger charge is 2.44. The van der Waals surface area contributed by atoms with Crippen molar-refractivity contribution >= 4 is 5.91 Å². The standard InChI is InChI=1S/C42H79NO9/c1-3-5-7-9-11-13-15-17-18-19-21-22-24-26-28-30-35(45)34(33-51-42-40(49)39(48)38(47)37(32-44)52-42)43-41(50)36(46)31-29-27-25-23-20-16-14-12-10-8-6-4-2/h20,23,27,29,34-40,42,44-49H,3-19,21-22,24-26,28,30-33H2,1-2H3,(H,43,50)/b23-20-,29-27-. The molecule has 10 heteroatoms. The summed E-state index contributed by atoms with van der Waals surface area (Å²) in [7, 11) is 0. The first-order valence-electron chi connectivity index (χ1n) is 21.1. The zero-order valence-electron chi connectivity index (χ0n) is 32.9. The fraction of sp³-hybridized carbons (Fsp3) is 0.881. The average Bonchev–Trinajstić information content (AvgIpc) is 3.14. The van der Waals surface area contributed by atoms with Crippen LogP contribution in [0.2, 0.25) is 0 Å². The van der Waals surface area contributed by atoms with Crippen LogP contribution in [0.1, 0.15) is 174 Å². The van der Waals surface area contributed by atoms with Gasteiger partial charge in [-0.05, 0) is 25.7 Å². The van der Waals surface area contributed by atoms with Crippen molar-refractivity contribution in [1.29, 1.82) is 0 Å². The lowest BCUT2D eigenvalue weighted by Crippen LogP contribution is -2.60. The molecule has 306 valence electrons. The molecule has 0 aromatic carbocycles. The van der Waals surface area contributed by atoms with Crippen molar-refractivity contribution in [2.45, 2.75) is 223 Å².